The third kappa shape index (κ3) is 2.97. The van der Waals surface area contributed by atoms with Crippen LogP contribution < -0.4 is 5.32 Å². The Hall–Kier alpha value is -2.15. The molecule has 0 aliphatic carbocycles. The average Bonchev–Trinajstić information content (AvgIpc) is 2.48. The van der Waals surface area contributed by atoms with Crippen molar-refractivity contribution in [3.05, 3.63) is 63.7 Å². The molecule has 3 aromatic rings. The van der Waals surface area contributed by atoms with Crippen LogP contribution in [-0.2, 0) is 0 Å². The molecule has 0 saturated heterocycles. The summed E-state index contributed by atoms with van der Waals surface area (Å²) in [6.45, 7) is 0. The molecular formula is C16H11IN2O2. The van der Waals surface area contributed by atoms with E-state index in [1.54, 1.807) is 30.3 Å². The molecule has 2 aromatic carbocycles. The summed E-state index contributed by atoms with van der Waals surface area (Å²) < 4.78 is 1.16. The van der Waals surface area contributed by atoms with Gasteiger partial charge in [0.2, 0.25) is 0 Å². The Balaban J connectivity index is 1.98. The van der Waals surface area contributed by atoms with Gasteiger partial charge in [-0.05, 0) is 71.1 Å². The van der Waals surface area contributed by atoms with Gasteiger partial charge in [0.05, 0.1) is 11.1 Å². The molecule has 4 nitrogen and oxygen atoms in total. The van der Waals surface area contributed by atoms with Crippen molar-refractivity contribution in [1.82, 2.24) is 4.98 Å². The molecule has 104 valence electrons. The second-order valence-corrected chi connectivity index (χ2v) is 5.75. The predicted octanol–water partition coefficient (Wildman–Crippen LogP) is 4.28. The number of carboxylic acid groups (broad SMARTS) is 1. The van der Waals surface area contributed by atoms with E-state index >= 15 is 0 Å². The van der Waals surface area contributed by atoms with Gasteiger partial charge in [-0.2, -0.15) is 0 Å². The smallest absolute Gasteiger partial charge is 0.336 e. The number of carboxylic acids is 1. The molecule has 0 atom stereocenters. The maximum absolute atomic E-state index is 11.2. The van der Waals surface area contributed by atoms with Gasteiger partial charge in [0.15, 0.2) is 0 Å². The Labute approximate surface area is 135 Å². The molecule has 1 aromatic heterocycles. The number of fused-ring (bicyclic) bond motifs is 1. The number of rotatable bonds is 3. The van der Waals surface area contributed by atoms with Crippen LogP contribution in [0.5, 0.6) is 0 Å². The molecule has 1 heterocycles. The lowest BCUT2D eigenvalue weighted by atomic mass is 10.1. The summed E-state index contributed by atoms with van der Waals surface area (Å²) in [7, 11) is 0. The number of nitrogens with one attached hydrogen (secondary N) is 1. The topological polar surface area (TPSA) is 62.2 Å². The molecule has 0 fully saturated rings. The van der Waals surface area contributed by atoms with Gasteiger partial charge in [0.25, 0.3) is 0 Å². The predicted molar refractivity (Wildman–Crippen MR) is 91.1 cm³/mol. The lowest BCUT2D eigenvalue weighted by Gasteiger charge is -2.08. The van der Waals surface area contributed by atoms with Crippen molar-refractivity contribution in [3.63, 3.8) is 0 Å². The first-order chi connectivity index (χ1) is 10.1. The fourth-order valence-electron chi connectivity index (χ4n) is 2.09. The summed E-state index contributed by atoms with van der Waals surface area (Å²) in [5.74, 6) is -0.257. The molecule has 0 aliphatic rings. The quantitative estimate of drug-likeness (QED) is 0.656. The van der Waals surface area contributed by atoms with Crippen molar-refractivity contribution in [2.45, 2.75) is 0 Å². The van der Waals surface area contributed by atoms with Crippen molar-refractivity contribution in [2.24, 2.45) is 0 Å². The number of nitrogens with zero attached hydrogens (tertiary/aromatic N) is 1. The summed E-state index contributed by atoms with van der Waals surface area (Å²) >= 11 is 2.25. The van der Waals surface area contributed by atoms with Crippen LogP contribution in [-0.4, -0.2) is 16.1 Å². The van der Waals surface area contributed by atoms with Gasteiger partial charge in [0.1, 0.15) is 5.82 Å². The second-order valence-electron chi connectivity index (χ2n) is 4.51. The molecule has 0 bridgehead atoms. The van der Waals surface area contributed by atoms with Crippen molar-refractivity contribution in [1.29, 1.82) is 0 Å². The minimum absolute atomic E-state index is 0.265. The minimum atomic E-state index is -0.944. The Bertz CT molecular complexity index is 816. The van der Waals surface area contributed by atoms with Gasteiger partial charge in [-0.3, -0.25) is 0 Å². The number of aromatic carboxylic acids is 1. The normalized spacial score (nSPS) is 10.5. The zero-order chi connectivity index (χ0) is 14.8. The number of benzene rings is 2. The highest BCUT2D eigenvalue weighted by Gasteiger charge is 2.09. The van der Waals surface area contributed by atoms with Gasteiger partial charge < -0.3 is 10.4 Å². The zero-order valence-corrected chi connectivity index (χ0v) is 13.0. The lowest BCUT2D eigenvalue weighted by Crippen LogP contribution is -1.99. The fourth-order valence-corrected chi connectivity index (χ4v) is 2.45. The number of hydrogen-bond donors (Lipinski definition) is 2. The van der Waals surface area contributed by atoms with E-state index < -0.39 is 5.97 Å². The van der Waals surface area contributed by atoms with Crippen LogP contribution in [0.15, 0.2) is 54.6 Å². The summed E-state index contributed by atoms with van der Waals surface area (Å²) in [5.41, 5.74) is 1.86. The van der Waals surface area contributed by atoms with E-state index in [1.165, 1.54) is 0 Å². The molecule has 0 unspecified atom stereocenters. The first-order valence-electron chi connectivity index (χ1n) is 6.29. The van der Waals surface area contributed by atoms with E-state index in [4.69, 9.17) is 5.11 Å². The van der Waals surface area contributed by atoms with Crippen LogP contribution in [0, 0.1) is 3.57 Å². The summed E-state index contributed by atoms with van der Waals surface area (Å²) in [6, 6.07) is 16.6. The molecule has 0 aliphatic heterocycles. The van der Waals surface area contributed by atoms with E-state index in [1.807, 2.05) is 24.3 Å². The van der Waals surface area contributed by atoms with Crippen molar-refractivity contribution < 1.29 is 9.90 Å². The number of carbonyl (C=O) groups is 1. The van der Waals surface area contributed by atoms with Crippen LogP contribution in [0.4, 0.5) is 11.5 Å². The highest BCUT2D eigenvalue weighted by Crippen LogP contribution is 2.22. The summed E-state index contributed by atoms with van der Waals surface area (Å²) in [5, 5.41) is 13.0. The number of pyridine rings is 1. The van der Waals surface area contributed by atoms with E-state index in [0.717, 1.165) is 9.26 Å². The molecule has 21 heavy (non-hydrogen) atoms. The highest BCUT2D eigenvalue weighted by atomic mass is 127. The first-order valence-corrected chi connectivity index (χ1v) is 7.37. The van der Waals surface area contributed by atoms with E-state index in [2.05, 4.69) is 32.9 Å². The lowest BCUT2D eigenvalue weighted by molar-refractivity contribution is 0.0699. The summed E-state index contributed by atoms with van der Waals surface area (Å²) in [4.78, 5) is 15.6. The van der Waals surface area contributed by atoms with Gasteiger partial charge in [0, 0.05) is 14.6 Å². The van der Waals surface area contributed by atoms with E-state index in [-0.39, 0.29) is 5.56 Å². The molecule has 0 radical (unpaired) electrons. The third-order valence-corrected chi connectivity index (χ3v) is 3.80. The molecule has 3 rings (SSSR count). The maximum atomic E-state index is 11.2. The zero-order valence-electron chi connectivity index (χ0n) is 10.9. The summed E-state index contributed by atoms with van der Waals surface area (Å²) in [6.07, 6.45) is 0. The molecule has 0 amide bonds. The largest absolute Gasteiger partial charge is 0.478 e. The molecule has 5 heteroatoms. The van der Waals surface area contributed by atoms with Crippen LogP contribution in [0.2, 0.25) is 0 Å². The van der Waals surface area contributed by atoms with Crippen LogP contribution in [0.25, 0.3) is 10.9 Å². The number of halogens is 1. The van der Waals surface area contributed by atoms with Crippen molar-refractivity contribution in [3.8, 4) is 0 Å². The first kappa shape index (κ1) is 13.8. The van der Waals surface area contributed by atoms with Crippen molar-refractivity contribution in [2.75, 3.05) is 5.32 Å². The Kier molecular flexibility index (Phi) is 3.74. The van der Waals surface area contributed by atoms with Gasteiger partial charge in [-0.25, -0.2) is 9.78 Å². The highest BCUT2D eigenvalue weighted by molar-refractivity contribution is 14.1. The van der Waals surface area contributed by atoms with Crippen molar-refractivity contribution >= 4 is 51.0 Å². The minimum Gasteiger partial charge on any atom is -0.478 e. The molecule has 2 N–H and O–H groups in total. The Morgan fingerprint density at radius 3 is 2.52 bits per heavy atom. The SMILES string of the molecule is O=C(O)c1cccc2nc(Nc3ccc(I)cc3)ccc12. The van der Waals surface area contributed by atoms with E-state index in [0.29, 0.717) is 16.7 Å². The van der Waals surface area contributed by atoms with Gasteiger partial charge >= 0.3 is 5.97 Å². The third-order valence-electron chi connectivity index (χ3n) is 3.08. The Morgan fingerprint density at radius 2 is 1.81 bits per heavy atom. The van der Waals surface area contributed by atoms with Crippen LogP contribution >= 0.6 is 22.6 Å². The monoisotopic (exact) mass is 390 g/mol. The second kappa shape index (κ2) is 5.69. The molecule has 0 saturated carbocycles. The number of aromatic nitrogens is 1. The standard InChI is InChI=1S/C16H11IN2O2/c17-10-4-6-11(7-5-10)18-15-9-8-12-13(16(20)21)2-1-3-14(12)19-15/h1-9H,(H,18,19)(H,20,21). The van der Waals surface area contributed by atoms with Gasteiger partial charge in [-0.1, -0.05) is 6.07 Å². The maximum Gasteiger partial charge on any atom is 0.336 e. The van der Waals surface area contributed by atoms with Crippen LogP contribution in [0.3, 0.4) is 0 Å². The number of hydrogen-bond acceptors (Lipinski definition) is 3. The average molecular weight is 390 g/mol. The van der Waals surface area contributed by atoms with E-state index in [9.17, 15) is 4.79 Å². The molecule has 0 spiro atoms. The van der Waals surface area contributed by atoms with Crippen LogP contribution in [0.1, 0.15) is 10.4 Å². The molecular weight excluding hydrogens is 379 g/mol. The van der Waals surface area contributed by atoms with Gasteiger partial charge in [-0.15, -0.1) is 0 Å². The Morgan fingerprint density at radius 1 is 1.05 bits per heavy atom. The number of anilines is 2. The fraction of sp³-hybridized carbons (Fsp3) is 0.